The summed E-state index contributed by atoms with van der Waals surface area (Å²) in [5.41, 5.74) is 2.76. The smallest absolute Gasteiger partial charge is 0.219 e. The van der Waals surface area contributed by atoms with Crippen molar-refractivity contribution in [1.29, 1.82) is 0 Å². The van der Waals surface area contributed by atoms with Crippen molar-refractivity contribution in [3.8, 4) is 11.4 Å². The highest BCUT2D eigenvalue weighted by molar-refractivity contribution is 5.73. The molecule has 1 aliphatic heterocycles. The third-order valence-electron chi connectivity index (χ3n) is 4.42. The Hall–Kier alpha value is -2.24. The fourth-order valence-electron chi connectivity index (χ4n) is 2.95. The number of aryl methyl sites for hydroxylation is 1. The van der Waals surface area contributed by atoms with Crippen molar-refractivity contribution >= 4 is 5.91 Å². The number of imidazole rings is 1. The van der Waals surface area contributed by atoms with E-state index in [0.29, 0.717) is 0 Å². The van der Waals surface area contributed by atoms with E-state index in [0.717, 1.165) is 48.8 Å². The van der Waals surface area contributed by atoms with E-state index in [2.05, 4.69) is 9.97 Å². The zero-order valence-corrected chi connectivity index (χ0v) is 13.3. The van der Waals surface area contributed by atoms with Crippen LogP contribution in [0.25, 0.3) is 11.4 Å². The van der Waals surface area contributed by atoms with Crippen LogP contribution < -0.4 is 0 Å². The first-order valence-corrected chi connectivity index (χ1v) is 7.62. The maximum atomic E-state index is 11.6. The molecular weight excluding hydrogens is 278 g/mol. The second-order valence-electron chi connectivity index (χ2n) is 5.88. The lowest BCUT2D eigenvalue weighted by molar-refractivity contribution is -0.130. The molecule has 1 fully saturated rings. The van der Waals surface area contributed by atoms with Crippen LogP contribution in [0.5, 0.6) is 0 Å². The normalized spacial score (nSPS) is 18.5. The number of aromatic nitrogens is 4. The zero-order chi connectivity index (χ0) is 15.7. The minimum Gasteiger partial charge on any atom is -0.342 e. The molecule has 0 bridgehead atoms. The molecule has 0 unspecified atom stereocenters. The number of hydrogen-bond donors (Lipinski definition) is 0. The van der Waals surface area contributed by atoms with Gasteiger partial charge in [-0.2, -0.15) is 0 Å². The number of rotatable bonds is 2. The van der Waals surface area contributed by atoms with Crippen LogP contribution >= 0.6 is 0 Å². The van der Waals surface area contributed by atoms with E-state index in [1.54, 1.807) is 13.1 Å². The van der Waals surface area contributed by atoms with Gasteiger partial charge in [-0.1, -0.05) is 0 Å². The van der Waals surface area contributed by atoms with Gasteiger partial charge in [-0.05, 0) is 19.8 Å². The molecule has 3 heterocycles. The monoisotopic (exact) mass is 299 g/mol. The summed E-state index contributed by atoms with van der Waals surface area (Å²) in [5.74, 6) is 1.35. The summed E-state index contributed by atoms with van der Waals surface area (Å²) in [6.07, 6.45) is 7.48. The number of nitrogens with zero attached hydrogens (tertiary/aromatic N) is 5. The third kappa shape index (κ3) is 2.73. The average molecular weight is 299 g/mol. The Bertz CT molecular complexity index is 694. The number of likely N-dealkylation sites (tertiary alicyclic amines) is 1. The summed E-state index contributed by atoms with van der Waals surface area (Å²) in [5, 5.41) is 0. The van der Waals surface area contributed by atoms with Gasteiger partial charge in [-0.3, -0.25) is 9.78 Å². The van der Waals surface area contributed by atoms with E-state index >= 15 is 0 Å². The zero-order valence-electron chi connectivity index (χ0n) is 13.3. The minimum absolute atomic E-state index is 0.135. The number of carbonyl (C=O) groups is 1. The van der Waals surface area contributed by atoms with Crippen LogP contribution in [0.1, 0.15) is 37.2 Å². The molecule has 0 radical (unpaired) electrons. The van der Waals surface area contributed by atoms with Crippen LogP contribution in [0.2, 0.25) is 0 Å². The van der Waals surface area contributed by atoms with E-state index < -0.39 is 0 Å². The van der Waals surface area contributed by atoms with Gasteiger partial charge in [-0.15, -0.1) is 0 Å². The Balaban J connectivity index is 1.88. The molecule has 1 atom stereocenters. The number of amides is 1. The van der Waals surface area contributed by atoms with Gasteiger partial charge in [0.25, 0.3) is 0 Å². The predicted molar refractivity (Wildman–Crippen MR) is 83.2 cm³/mol. The molecule has 3 rings (SSSR count). The molecule has 1 aliphatic rings. The van der Waals surface area contributed by atoms with Gasteiger partial charge in [0.1, 0.15) is 11.5 Å². The quantitative estimate of drug-likeness (QED) is 0.850. The highest BCUT2D eigenvalue weighted by Crippen LogP contribution is 2.27. The minimum atomic E-state index is 0.135. The van der Waals surface area contributed by atoms with Crippen molar-refractivity contribution in [2.45, 2.75) is 32.6 Å². The maximum absolute atomic E-state index is 11.6. The van der Waals surface area contributed by atoms with E-state index in [1.807, 2.05) is 35.8 Å². The Morgan fingerprint density at radius 2 is 2.14 bits per heavy atom. The number of carbonyl (C=O) groups excluding carboxylic acids is 1. The molecule has 0 N–H and O–H groups in total. The first kappa shape index (κ1) is 14.7. The van der Waals surface area contributed by atoms with Crippen molar-refractivity contribution in [2.75, 3.05) is 13.1 Å². The molecule has 1 amide bonds. The molecule has 0 spiro atoms. The lowest BCUT2D eigenvalue weighted by Crippen LogP contribution is -2.37. The van der Waals surface area contributed by atoms with Crippen LogP contribution in [0.15, 0.2) is 18.6 Å². The molecule has 6 nitrogen and oxygen atoms in total. The van der Waals surface area contributed by atoms with Crippen LogP contribution in [-0.2, 0) is 11.8 Å². The lowest BCUT2D eigenvalue weighted by atomic mass is 9.95. The number of piperidine rings is 1. The molecule has 0 saturated carbocycles. The van der Waals surface area contributed by atoms with Crippen molar-refractivity contribution in [3.05, 3.63) is 30.1 Å². The topological polar surface area (TPSA) is 63.9 Å². The van der Waals surface area contributed by atoms with Crippen molar-refractivity contribution in [2.24, 2.45) is 7.05 Å². The predicted octanol–water partition coefficient (Wildman–Crippen LogP) is 1.91. The molecule has 2 aromatic heterocycles. The SMILES string of the molecule is CC(=O)N1CCC[C@H](c2cncc(-c3cnc(C)n3C)n2)C1. The van der Waals surface area contributed by atoms with Gasteiger partial charge >= 0.3 is 0 Å². The average Bonchev–Trinajstić information content (AvgIpc) is 2.87. The second kappa shape index (κ2) is 5.87. The molecule has 1 saturated heterocycles. The maximum Gasteiger partial charge on any atom is 0.219 e. The highest BCUT2D eigenvalue weighted by atomic mass is 16.2. The molecule has 6 heteroatoms. The summed E-state index contributed by atoms with van der Waals surface area (Å²) in [4.78, 5) is 26.9. The van der Waals surface area contributed by atoms with Gasteiger partial charge in [0.15, 0.2) is 0 Å². The van der Waals surface area contributed by atoms with Crippen molar-refractivity contribution in [1.82, 2.24) is 24.4 Å². The summed E-state index contributed by atoms with van der Waals surface area (Å²) in [7, 11) is 1.98. The molecule has 0 aliphatic carbocycles. The Morgan fingerprint density at radius 1 is 1.32 bits per heavy atom. The van der Waals surface area contributed by atoms with E-state index in [9.17, 15) is 4.79 Å². The van der Waals surface area contributed by atoms with Gasteiger partial charge < -0.3 is 9.47 Å². The molecule has 0 aromatic carbocycles. The standard InChI is InChI=1S/C16H21N5O/c1-11-18-9-16(20(11)3)15-8-17-7-14(19-15)13-5-4-6-21(10-13)12(2)22/h7-9,13H,4-6,10H2,1-3H3/t13-/m0/s1. The van der Waals surface area contributed by atoms with Gasteiger partial charge in [0.05, 0.1) is 23.8 Å². The summed E-state index contributed by atoms with van der Waals surface area (Å²) in [6.45, 7) is 5.17. The van der Waals surface area contributed by atoms with Crippen molar-refractivity contribution < 1.29 is 4.79 Å². The highest BCUT2D eigenvalue weighted by Gasteiger charge is 2.24. The van der Waals surface area contributed by atoms with Crippen LogP contribution in [0.4, 0.5) is 0 Å². The van der Waals surface area contributed by atoms with Gasteiger partial charge in [0.2, 0.25) is 5.91 Å². The molecule has 116 valence electrons. The summed E-state index contributed by atoms with van der Waals surface area (Å²) in [6, 6.07) is 0. The first-order chi connectivity index (χ1) is 10.6. The molecule has 22 heavy (non-hydrogen) atoms. The second-order valence-corrected chi connectivity index (χ2v) is 5.88. The van der Waals surface area contributed by atoms with Gasteiger partial charge in [0, 0.05) is 39.2 Å². The summed E-state index contributed by atoms with van der Waals surface area (Å²) >= 11 is 0. The largest absolute Gasteiger partial charge is 0.342 e. The summed E-state index contributed by atoms with van der Waals surface area (Å²) < 4.78 is 2.01. The van der Waals surface area contributed by atoms with E-state index in [1.165, 1.54) is 0 Å². The fourth-order valence-corrected chi connectivity index (χ4v) is 2.95. The van der Waals surface area contributed by atoms with Crippen LogP contribution in [-0.4, -0.2) is 43.4 Å². The van der Waals surface area contributed by atoms with E-state index in [-0.39, 0.29) is 11.8 Å². The fraction of sp³-hybridized carbons (Fsp3) is 0.500. The molecular formula is C16H21N5O. The number of hydrogen-bond acceptors (Lipinski definition) is 4. The molecule has 2 aromatic rings. The van der Waals surface area contributed by atoms with Crippen LogP contribution in [0.3, 0.4) is 0 Å². The lowest BCUT2D eigenvalue weighted by Gasteiger charge is -2.31. The Morgan fingerprint density at radius 3 is 2.82 bits per heavy atom. The van der Waals surface area contributed by atoms with Gasteiger partial charge in [-0.25, -0.2) is 9.97 Å². The van der Waals surface area contributed by atoms with E-state index in [4.69, 9.17) is 4.98 Å². The Kier molecular flexibility index (Phi) is 3.92. The third-order valence-corrected chi connectivity index (χ3v) is 4.42. The Labute approximate surface area is 130 Å². The first-order valence-electron chi connectivity index (χ1n) is 7.62. The van der Waals surface area contributed by atoms with Crippen molar-refractivity contribution in [3.63, 3.8) is 0 Å². The van der Waals surface area contributed by atoms with Crippen LogP contribution in [0, 0.1) is 6.92 Å².